The molecule has 3 rings (SSSR count). The summed E-state index contributed by atoms with van der Waals surface area (Å²) < 4.78 is 13.3. The van der Waals surface area contributed by atoms with Gasteiger partial charge in [0.05, 0.1) is 5.54 Å². The van der Waals surface area contributed by atoms with Gasteiger partial charge in [-0.3, -0.25) is 4.79 Å². The molecule has 6 heteroatoms. The zero-order valence-corrected chi connectivity index (χ0v) is 17.1. The van der Waals surface area contributed by atoms with Gasteiger partial charge in [0.25, 0.3) is 5.91 Å². The Hall–Kier alpha value is -2.89. The minimum Gasteiger partial charge on any atom is -0.347 e. The molecule has 1 fully saturated rings. The van der Waals surface area contributed by atoms with Gasteiger partial charge in [0.1, 0.15) is 5.82 Å². The summed E-state index contributed by atoms with van der Waals surface area (Å²) in [5, 5.41) is 8.83. The Morgan fingerprint density at radius 3 is 2.07 bits per heavy atom. The number of benzene rings is 2. The molecule has 0 saturated heterocycles. The van der Waals surface area contributed by atoms with Gasteiger partial charge in [-0.2, -0.15) is 0 Å². The summed E-state index contributed by atoms with van der Waals surface area (Å²) >= 11 is 0. The number of carbonyl (C=O) groups is 2. The van der Waals surface area contributed by atoms with Crippen LogP contribution in [0.3, 0.4) is 0 Å². The molecule has 154 valence electrons. The van der Waals surface area contributed by atoms with E-state index < -0.39 is 5.54 Å². The first kappa shape index (κ1) is 20.8. The fourth-order valence-electron chi connectivity index (χ4n) is 3.73. The molecule has 0 spiro atoms. The molecule has 0 heterocycles. The number of hydrogen-bond acceptors (Lipinski definition) is 2. The number of amides is 3. The molecule has 2 aromatic carbocycles. The highest BCUT2D eigenvalue weighted by Gasteiger charge is 2.37. The van der Waals surface area contributed by atoms with Crippen molar-refractivity contribution < 1.29 is 14.0 Å². The fraction of sp³-hybridized carbons (Fsp3) is 0.391. The average Bonchev–Trinajstić information content (AvgIpc) is 3.10. The Balaban J connectivity index is 1.66. The fourth-order valence-corrected chi connectivity index (χ4v) is 3.73. The van der Waals surface area contributed by atoms with Gasteiger partial charge in [0.2, 0.25) is 0 Å². The Morgan fingerprint density at radius 2 is 1.52 bits per heavy atom. The van der Waals surface area contributed by atoms with Crippen LogP contribution in [0.2, 0.25) is 0 Å². The van der Waals surface area contributed by atoms with E-state index in [2.05, 4.69) is 16.0 Å². The number of nitrogens with one attached hydrogen (secondary N) is 3. The second kappa shape index (κ2) is 8.23. The average molecular weight is 397 g/mol. The Kier molecular flexibility index (Phi) is 5.91. The third-order valence-corrected chi connectivity index (χ3v) is 5.10. The summed E-state index contributed by atoms with van der Waals surface area (Å²) in [4.78, 5) is 24.9. The maximum atomic E-state index is 13.3. The van der Waals surface area contributed by atoms with Crippen molar-refractivity contribution >= 4 is 17.6 Å². The first-order valence-corrected chi connectivity index (χ1v) is 9.95. The molecule has 29 heavy (non-hydrogen) atoms. The lowest BCUT2D eigenvalue weighted by Gasteiger charge is -2.31. The minimum absolute atomic E-state index is 0.158. The third kappa shape index (κ3) is 5.34. The lowest BCUT2D eigenvalue weighted by molar-refractivity contribution is 0.0919. The minimum atomic E-state index is -0.482. The molecular formula is C23H28FN3O2. The zero-order chi connectivity index (χ0) is 21.1. The van der Waals surface area contributed by atoms with Gasteiger partial charge in [0.15, 0.2) is 0 Å². The number of halogens is 1. The summed E-state index contributed by atoms with van der Waals surface area (Å²) in [6, 6.07) is 12.8. The van der Waals surface area contributed by atoms with E-state index in [-0.39, 0.29) is 23.3 Å². The van der Waals surface area contributed by atoms with E-state index in [9.17, 15) is 14.0 Å². The topological polar surface area (TPSA) is 70.2 Å². The van der Waals surface area contributed by atoms with Crippen molar-refractivity contribution in [2.24, 2.45) is 0 Å². The predicted molar refractivity (Wildman–Crippen MR) is 112 cm³/mol. The molecular weight excluding hydrogens is 369 g/mol. The van der Waals surface area contributed by atoms with Crippen LogP contribution in [0.15, 0.2) is 48.5 Å². The lowest BCUT2D eigenvalue weighted by atomic mass is 9.88. The highest BCUT2D eigenvalue weighted by molar-refractivity contribution is 5.96. The van der Waals surface area contributed by atoms with Gasteiger partial charge in [-0.05, 0) is 75.6 Å². The molecule has 3 amide bonds. The first-order chi connectivity index (χ1) is 13.7. The Morgan fingerprint density at radius 1 is 0.931 bits per heavy atom. The summed E-state index contributed by atoms with van der Waals surface area (Å²) in [6.45, 7) is 5.77. The number of urea groups is 1. The summed E-state index contributed by atoms with van der Waals surface area (Å²) in [7, 11) is 0. The van der Waals surface area contributed by atoms with Crippen LogP contribution in [0, 0.1) is 5.82 Å². The summed E-state index contributed by atoms with van der Waals surface area (Å²) in [6.07, 6.45) is 3.65. The van der Waals surface area contributed by atoms with E-state index in [1.807, 2.05) is 20.8 Å². The number of rotatable bonds is 4. The molecule has 3 N–H and O–H groups in total. The van der Waals surface area contributed by atoms with Gasteiger partial charge < -0.3 is 16.0 Å². The van der Waals surface area contributed by atoms with Gasteiger partial charge in [0, 0.05) is 16.8 Å². The van der Waals surface area contributed by atoms with Crippen molar-refractivity contribution in [3.8, 4) is 0 Å². The Labute approximate surface area is 171 Å². The van der Waals surface area contributed by atoms with E-state index in [0.717, 1.165) is 31.2 Å². The number of carbonyl (C=O) groups excluding carboxylic acids is 2. The predicted octanol–water partition coefficient (Wildman–Crippen LogP) is 4.95. The molecule has 0 bridgehead atoms. The van der Waals surface area contributed by atoms with Crippen molar-refractivity contribution in [1.29, 1.82) is 0 Å². The smallest absolute Gasteiger partial charge is 0.319 e. The van der Waals surface area contributed by atoms with Crippen LogP contribution in [-0.2, 0) is 5.54 Å². The second-order valence-corrected chi connectivity index (χ2v) is 8.66. The van der Waals surface area contributed by atoms with E-state index in [0.29, 0.717) is 11.3 Å². The maximum Gasteiger partial charge on any atom is 0.319 e. The quantitative estimate of drug-likeness (QED) is 0.683. The molecule has 2 aromatic rings. The van der Waals surface area contributed by atoms with Gasteiger partial charge in [-0.1, -0.05) is 25.0 Å². The van der Waals surface area contributed by atoms with E-state index in [1.165, 1.54) is 12.1 Å². The molecule has 5 nitrogen and oxygen atoms in total. The van der Waals surface area contributed by atoms with E-state index in [4.69, 9.17) is 0 Å². The van der Waals surface area contributed by atoms with Gasteiger partial charge >= 0.3 is 6.03 Å². The van der Waals surface area contributed by atoms with Crippen LogP contribution in [0.25, 0.3) is 0 Å². The van der Waals surface area contributed by atoms with Crippen molar-refractivity contribution in [3.63, 3.8) is 0 Å². The van der Waals surface area contributed by atoms with Gasteiger partial charge in [-0.15, -0.1) is 0 Å². The number of hydrogen-bond donors (Lipinski definition) is 3. The zero-order valence-electron chi connectivity index (χ0n) is 17.1. The van der Waals surface area contributed by atoms with Crippen LogP contribution < -0.4 is 16.0 Å². The lowest BCUT2D eigenvalue weighted by Crippen LogP contribution is -2.45. The normalized spacial score (nSPS) is 15.6. The molecule has 1 aliphatic carbocycles. The molecule has 0 atom stereocenters. The summed E-state index contributed by atoms with van der Waals surface area (Å²) in [5.41, 5.74) is 1.25. The van der Waals surface area contributed by atoms with Crippen LogP contribution in [0.4, 0.5) is 14.9 Å². The maximum absolute atomic E-state index is 13.3. The first-order valence-electron chi connectivity index (χ1n) is 9.95. The molecule has 1 saturated carbocycles. The van der Waals surface area contributed by atoms with Crippen LogP contribution >= 0.6 is 0 Å². The standard InChI is InChI=1S/C23H28FN3O2/c1-22(2,3)26-20(28)16-6-12-19(13-7-16)25-21(29)27-23(14-4-5-15-23)17-8-10-18(24)11-9-17/h6-13H,4-5,14-15H2,1-3H3,(H,26,28)(H2,25,27,29). The van der Waals surface area contributed by atoms with Crippen LogP contribution in [0.1, 0.15) is 62.4 Å². The van der Waals surface area contributed by atoms with Crippen molar-refractivity contribution in [1.82, 2.24) is 10.6 Å². The Bertz CT molecular complexity index is 864. The molecule has 0 aromatic heterocycles. The molecule has 0 radical (unpaired) electrons. The summed E-state index contributed by atoms with van der Waals surface area (Å²) in [5.74, 6) is -0.448. The van der Waals surface area contributed by atoms with Crippen LogP contribution in [0.5, 0.6) is 0 Å². The second-order valence-electron chi connectivity index (χ2n) is 8.66. The highest BCUT2D eigenvalue weighted by Crippen LogP contribution is 2.38. The SMILES string of the molecule is CC(C)(C)NC(=O)c1ccc(NC(=O)NC2(c3ccc(F)cc3)CCCC2)cc1. The van der Waals surface area contributed by atoms with Crippen molar-refractivity contribution in [3.05, 3.63) is 65.5 Å². The molecule has 1 aliphatic rings. The van der Waals surface area contributed by atoms with Crippen molar-refractivity contribution in [2.45, 2.75) is 57.5 Å². The van der Waals surface area contributed by atoms with Gasteiger partial charge in [-0.25, -0.2) is 9.18 Å². The number of anilines is 1. The van der Waals surface area contributed by atoms with E-state index in [1.54, 1.807) is 36.4 Å². The molecule has 0 unspecified atom stereocenters. The highest BCUT2D eigenvalue weighted by atomic mass is 19.1. The largest absolute Gasteiger partial charge is 0.347 e. The third-order valence-electron chi connectivity index (χ3n) is 5.10. The monoisotopic (exact) mass is 397 g/mol. The van der Waals surface area contributed by atoms with Crippen molar-refractivity contribution in [2.75, 3.05) is 5.32 Å². The van der Waals surface area contributed by atoms with E-state index >= 15 is 0 Å². The van der Waals surface area contributed by atoms with Crippen LogP contribution in [-0.4, -0.2) is 17.5 Å². The molecule has 0 aliphatic heterocycles.